The van der Waals surface area contributed by atoms with Crippen LogP contribution in [0.3, 0.4) is 0 Å². The van der Waals surface area contributed by atoms with Crippen molar-refractivity contribution in [1.29, 1.82) is 0 Å². The van der Waals surface area contributed by atoms with Crippen LogP contribution in [0.1, 0.15) is 134 Å². The summed E-state index contributed by atoms with van der Waals surface area (Å²) in [4.78, 5) is 0. The van der Waals surface area contributed by atoms with Gasteiger partial charge in [0.2, 0.25) is 0 Å². The number of benzene rings is 2. The molecule has 2 aromatic carbocycles. The van der Waals surface area contributed by atoms with E-state index in [-0.39, 0.29) is 40.7 Å². The molecule has 0 radical (unpaired) electrons. The molecule has 2 aromatic rings. The molecular weight excluding hydrogens is 768 g/mol. The predicted octanol–water partition coefficient (Wildman–Crippen LogP) is 6.99. The fourth-order valence-corrected chi connectivity index (χ4v) is 23.7. The fourth-order valence-electron chi connectivity index (χ4n) is 6.58. The van der Waals surface area contributed by atoms with E-state index in [1.807, 2.05) is 10.6 Å². The standard InChI is InChI=1S/C21H32P.C17H24P.2ClH.Hf/c1-3-5-7-11-15-22(16-12-8-6-4-2)21-17-19-13-9-10-14-20(19)18-21;1-3-5-11-18(12-6-4-2)17-13-15-9-7-8-10-16(15)14-17;;;/h9-10,13-14,17-18H,3-8,11-12,15-16H2,1-2H3;7-10,13-14H,3-6,11-12H2,1-2H3;2*1H;/q;;;;+2/p-2. The van der Waals surface area contributed by atoms with Crippen LogP contribution in [0.5, 0.6) is 0 Å². The van der Waals surface area contributed by atoms with E-state index in [0.717, 1.165) is 7.35 Å². The third kappa shape index (κ3) is 11.2. The van der Waals surface area contributed by atoms with Gasteiger partial charge in [0.15, 0.2) is 0 Å². The van der Waals surface area contributed by atoms with Gasteiger partial charge in [-0.3, -0.25) is 0 Å². The van der Waals surface area contributed by atoms with Crippen LogP contribution in [0.2, 0.25) is 0 Å². The molecule has 0 aromatic heterocycles. The molecule has 0 heterocycles. The van der Waals surface area contributed by atoms with Gasteiger partial charge in [0.25, 0.3) is 0 Å². The molecule has 2 aliphatic rings. The first kappa shape index (κ1) is 39.4. The van der Waals surface area contributed by atoms with Gasteiger partial charge in [0, 0.05) is 0 Å². The van der Waals surface area contributed by atoms with Gasteiger partial charge in [-0.15, -0.1) is 0 Å². The molecule has 43 heavy (non-hydrogen) atoms. The molecule has 0 aliphatic heterocycles. The summed E-state index contributed by atoms with van der Waals surface area (Å²) in [5, 5.41) is 3.86. The smallest absolute Gasteiger partial charge is 1.00 e. The van der Waals surface area contributed by atoms with Crippen molar-refractivity contribution in [3.63, 3.8) is 0 Å². The number of halogens is 2. The molecule has 0 spiro atoms. The van der Waals surface area contributed by atoms with Crippen LogP contribution in [0.4, 0.5) is 0 Å². The number of allylic oxidation sites excluding steroid dienone is 2. The third-order valence-electron chi connectivity index (χ3n) is 9.00. The Kier molecular flexibility index (Phi) is 20.1. The Hall–Kier alpha value is 0.230. The van der Waals surface area contributed by atoms with Crippen LogP contribution in [-0.4, -0.2) is 24.6 Å². The van der Waals surface area contributed by atoms with Crippen LogP contribution in [0, 0.1) is 0 Å². The van der Waals surface area contributed by atoms with Crippen LogP contribution < -0.4 is 24.8 Å². The summed E-state index contributed by atoms with van der Waals surface area (Å²) in [6, 6.07) is 19.2. The van der Waals surface area contributed by atoms with Gasteiger partial charge in [-0.05, 0) is 0 Å². The molecule has 236 valence electrons. The molecule has 0 amide bonds. The van der Waals surface area contributed by atoms with Crippen LogP contribution in [-0.2, 0) is 22.9 Å². The summed E-state index contributed by atoms with van der Waals surface area (Å²) in [5.74, 6) is 0. The Morgan fingerprint density at radius 1 is 0.488 bits per heavy atom. The Morgan fingerprint density at radius 2 is 0.860 bits per heavy atom. The molecule has 0 nitrogen and oxygen atoms in total. The van der Waals surface area contributed by atoms with Crippen molar-refractivity contribution < 1.29 is 47.7 Å². The molecule has 0 fully saturated rings. The third-order valence-corrected chi connectivity index (χ3v) is 23.3. The molecular formula is C38H56Cl2HfP2. The van der Waals surface area contributed by atoms with E-state index in [1.165, 1.54) is 102 Å². The summed E-state index contributed by atoms with van der Waals surface area (Å²) in [5.41, 5.74) is 6.57. The number of hydrogen-bond donors (Lipinski definition) is 0. The number of hydrogen-bond acceptors (Lipinski definition) is 0. The molecule has 0 bridgehead atoms. The first-order chi connectivity index (χ1) is 20.2. The maximum atomic E-state index is 2.74. The van der Waals surface area contributed by atoms with Gasteiger partial charge in [0.1, 0.15) is 0 Å². The summed E-state index contributed by atoms with van der Waals surface area (Å²) < 4.78 is 1.59. The number of fused-ring (bicyclic) bond motifs is 2. The summed E-state index contributed by atoms with van der Waals surface area (Å²) >= 11 is -1.14. The van der Waals surface area contributed by atoms with E-state index in [4.69, 9.17) is 0 Å². The average Bonchev–Trinajstić information content (AvgIpc) is 3.55. The second-order valence-corrected chi connectivity index (χ2v) is 22.6. The largest absolute Gasteiger partial charge is 1.00 e. The zero-order valence-electron chi connectivity index (χ0n) is 27.4. The van der Waals surface area contributed by atoms with Gasteiger partial charge in [-0.25, -0.2) is 0 Å². The Balaban J connectivity index is 0.00000323. The second kappa shape index (κ2) is 21.9. The first-order valence-corrected chi connectivity index (χ1v) is 24.7. The van der Waals surface area contributed by atoms with Crippen LogP contribution in [0.25, 0.3) is 12.2 Å². The Bertz CT molecular complexity index is 1110. The predicted molar refractivity (Wildman–Crippen MR) is 186 cm³/mol. The average molecular weight is 824 g/mol. The quantitative estimate of drug-likeness (QED) is 0.0768. The van der Waals surface area contributed by atoms with E-state index in [0.29, 0.717) is 0 Å². The molecule has 5 heteroatoms. The van der Waals surface area contributed by atoms with Gasteiger partial charge in [-0.2, -0.15) is 0 Å². The molecule has 2 atom stereocenters. The van der Waals surface area contributed by atoms with Gasteiger partial charge in [0.05, 0.1) is 0 Å². The van der Waals surface area contributed by atoms with Gasteiger partial charge in [-0.1, -0.05) is 0 Å². The van der Waals surface area contributed by atoms with Crippen LogP contribution in [0.15, 0.2) is 59.2 Å². The molecule has 0 saturated carbocycles. The molecule has 0 saturated heterocycles. The minimum absolute atomic E-state index is 0. The minimum atomic E-state index is -1.14. The molecule has 4 rings (SSSR count). The van der Waals surface area contributed by atoms with E-state index in [9.17, 15) is 0 Å². The minimum Gasteiger partial charge on any atom is -1.00 e. The van der Waals surface area contributed by atoms with Crippen molar-refractivity contribution in [2.45, 2.75) is 112 Å². The number of rotatable bonds is 20. The SMILES string of the molecule is CCCCCCP(CCCCCC)C1=Cc2ccccc2[CH]1[Hf+2][CH]1C(P(CCCC)CCCC)=Cc2ccccc21.[Cl-].[Cl-]. The van der Waals surface area contributed by atoms with Gasteiger partial charge < -0.3 is 24.8 Å². The topological polar surface area (TPSA) is 0 Å². The molecule has 2 unspecified atom stereocenters. The molecule has 2 aliphatic carbocycles. The molecule has 0 N–H and O–H groups in total. The maximum absolute atomic E-state index is 2.74. The van der Waals surface area contributed by atoms with Crippen LogP contribution >= 0.6 is 15.8 Å². The normalized spacial score (nSPS) is 16.7. The summed E-state index contributed by atoms with van der Waals surface area (Å²) in [6.07, 6.45) is 28.0. The van der Waals surface area contributed by atoms with Crippen molar-refractivity contribution in [2.75, 3.05) is 24.6 Å². The second-order valence-electron chi connectivity index (χ2n) is 12.2. The van der Waals surface area contributed by atoms with E-state index in [2.05, 4.69) is 88.4 Å². The van der Waals surface area contributed by atoms with Gasteiger partial charge >= 0.3 is 269 Å². The zero-order valence-corrected chi connectivity index (χ0v) is 34.3. The van der Waals surface area contributed by atoms with E-state index >= 15 is 0 Å². The fraction of sp³-hybridized carbons (Fsp3) is 0.579. The zero-order chi connectivity index (χ0) is 28.9. The van der Waals surface area contributed by atoms with Crippen molar-refractivity contribution >= 4 is 28.0 Å². The monoisotopic (exact) mass is 824 g/mol. The summed E-state index contributed by atoms with van der Waals surface area (Å²) in [6.45, 7) is 9.48. The van der Waals surface area contributed by atoms with Crippen molar-refractivity contribution in [3.8, 4) is 0 Å². The van der Waals surface area contributed by atoms with E-state index in [1.54, 1.807) is 22.3 Å². The van der Waals surface area contributed by atoms with E-state index < -0.39 is 22.9 Å². The maximum Gasteiger partial charge on any atom is -1.00 e. The Morgan fingerprint density at radius 3 is 1.26 bits per heavy atom. The number of unbranched alkanes of at least 4 members (excludes halogenated alkanes) is 8. The Labute approximate surface area is 291 Å². The first-order valence-electron chi connectivity index (χ1n) is 17.1. The van der Waals surface area contributed by atoms with Crippen molar-refractivity contribution in [1.82, 2.24) is 0 Å². The van der Waals surface area contributed by atoms with Crippen molar-refractivity contribution in [2.24, 2.45) is 0 Å². The van der Waals surface area contributed by atoms with Crippen molar-refractivity contribution in [3.05, 3.63) is 81.4 Å². The summed E-state index contributed by atoms with van der Waals surface area (Å²) in [7, 11) is -0.0290.